The summed E-state index contributed by atoms with van der Waals surface area (Å²) in [5, 5.41) is 16.2. The minimum absolute atomic E-state index is 0.0188. The molecule has 118 valence electrons. The van der Waals surface area contributed by atoms with Crippen molar-refractivity contribution in [3.05, 3.63) is 34.7 Å². The molecule has 0 unspecified atom stereocenters. The number of hydrogen-bond acceptors (Lipinski definition) is 5. The number of aliphatic hydroxyl groups is 1. The van der Waals surface area contributed by atoms with Crippen molar-refractivity contribution in [3.63, 3.8) is 0 Å². The fourth-order valence-corrected chi connectivity index (χ4v) is 3.66. The van der Waals surface area contributed by atoms with Gasteiger partial charge in [-0.2, -0.15) is 0 Å². The van der Waals surface area contributed by atoms with Crippen LogP contribution in [0.25, 0.3) is 11.3 Å². The number of halogens is 1. The number of aromatic nitrogens is 1. The lowest BCUT2D eigenvalue weighted by Crippen LogP contribution is -2.31. The monoisotopic (exact) mass is 338 g/mol. The molecule has 3 rings (SSSR count). The first-order valence-electron chi connectivity index (χ1n) is 7.35. The molecule has 0 aliphatic carbocycles. The predicted octanol–water partition coefficient (Wildman–Crippen LogP) is 3.66. The van der Waals surface area contributed by atoms with Crippen molar-refractivity contribution >= 4 is 28.1 Å². The van der Waals surface area contributed by atoms with Crippen LogP contribution in [0.5, 0.6) is 0 Å². The molecule has 0 radical (unpaired) electrons. The Kier molecular flexibility index (Phi) is 4.98. The van der Waals surface area contributed by atoms with Crippen LogP contribution < -0.4 is 5.32 Å². The van der Waals surface area contributed by atoms with Crippen LogP contribution in [0.1, 0.15) is 12.8 Å². The van der Waals surface area contributed by atoms with Gasteiger partial charge in [0.1, 0.15) is 0 Å². The number of nitrogens with zero attached hydrogens (tertiary/aromatic N) is 1. The average Bonchev–Trinajstić information content (AvgIpc) is 3.16. The van der Waals surface area contributed by atoms with Crippen molar-refractivity contribution < 1.29 is 9.84 Å². The van der Waals surface area contributed by atoms with Crippen LogP contribution in [0.3, 0.4) is 0 Å². The summed E-state index contributed by atoms with van der Waals surface area (Å²) in [6.07, 6.45) is 1.73. The van der Waals surface area contributed by atoms with Gasteiger partial charge in [0.05, 0.1) is 12.3 Å². The van der Waals surface area contributed by atoms with Crippen molar-refractivity contribution in [1.82, 2.24) is 4.98 Å². The predicted molar refractivity (Wildman–Crippen MR) is 90.6 cm³/mol. The van der Waals surface area contributed by atoms with E-state index in [1.807, 2.05) is 29.6 Å². The molecule has 6 heteroatoms. The second-order valence-electron chi connectivity index (χ2n) is 5.65. The normalized spacial score (nSPS) is 21.2. The van der Waals surface area contributed by atoms with Gasteiger partial charge in [-0.3, -0.25) is 0 Å². The van der Waals surface area contributed by atoms with Gasteiger partial charge in [-0.25, -0.2) is 4.98 Å². The molecule has 1 atom stereocenters. The molecule has 0 saturated carbocycles. The van der Waals surface area contributed by atoms with E-state index >= 15 is 0 Å². The summed E-state index contributed by atoms with van der Waals surface area (Å²) in [4.78, 5) is 4.61. The number of nitrogens with one attached hydrogen (secondary N) is 1. The molecule has 1 aromatic heterocycles. The largest absolute Gasteiger partial charge is 0.396 e. The molecule has 0 amide bonds. The zero-order chi connectivity index (χ0) is 15.4. The van der Waals surface area contributed by atoms with E-state index in [1.165, 1.54) is 0 Å². The van der Waals surface area contributed by atoms with Gasteiger partial charge < -0.3 is 15.2 Å². The van der Waals surface area contributed by atoms with E-state index in [4.69, 9.17) is 16.3 Å². The molecule has 22 heavy (non-hydrogen) atoms. The molecule has 4 nitrogen and oxygen atoms in total. The van der Waals surface area contributed by atoms with E-state index in [2.05, 4.69) is 10.3 Å². The van der Waals surface area contributed by atoms with E-state index in [9.17, 15) is 5.11 Å². The van der Waals surface area contributed by atoms with Crippen LogP contribution in [0.2, 0.25) is 5.02 Å². The number of anilines is 1. The first-order valence-corrected chi connectivity index (χ1v) is 8.61. The standard InChI is InChI=1S/C16H19ClN2O2S/c17-13-4-2-1-3-12(13)14-9-22-15(19-14)18-10-16(5-7-20)6-8-21-11-16/h1-4,9,20H,5-8,10-11H2,(H,18,19)/t16-/m1/s1. The Labute approximate surface area is 139 Å². The van der Waals surface area contributed by atoms with Crippen molar-refractivity contribution in [2.75, 3.05) is 31.7 Å². The van der Waals surface area contributed by atoms with E-state index < -0.39 is 0 Å². The summed E-state index contributed by atoms with van der Waals surface area (Å²) in [5.41, 5.74) is 1.85. The van der Waals surface area contributed by atoms with Gasteiger partial charge >= 0.3 is 0 Å². The van der Waals surface area contributed by atoms with Crippen LogP contribution in [0.15, 0.2) is 29.6 Å². The Morgan fingerprint density at radius 2 is 2.27 bits per heavy atom. The SMILES string of the molecule is OCC[C@]1(CNc2nc(-c3ccccc3Cl)cs2)CCOC1. The molecular weight excluding hydrogens is 320 g/mol. The van der Waals surface area contributed by atoms with Crippen molar-refractivity contribution in [2.24, 2.45) is 5.41 Å². The molecule has 0 bridgehead atoms. The van der Waals surface area contributed by atoms with Crippen LogP contribution in [0.4, 0.5) is 5.13 Å². The summed E-state index contributed by atoms with van der Waals surface area (Å²) in [7, 11) is 0. The van der Waals surface area contributed by atoms with Crippen molar-refractivity contribution in [1.29, 1.82) is 0 Å². The number of rotatable bonds is 6. The van der Waals surface area contributed by atoms with Gasteiger partial charge in [-0.1, -0.05) is 29.8 Å². The van der Waals surface area contributed by atoms with E-state index in [0.717, 1.165) is 42.4 Å². The van der Waals surface area contributed by atoms with Gasteiger partial charge in [0.25, 0.3) is 0 Å². The third-order valence-electron chi connectivity index (χ3n) is 4.10. The zero-order valence-corrected chi connectivity index (χ0v) is 13.8. The van der Waals surface area contributed by atoms with E-state index in [-0.39, 0.29) is 12.0 Å². The van der Waals surface area contributed by atoms with Gasteiger partial charge in [-0.15, -0.1) is 11.3 Å². The average molecular weight is 339 g/mol. The Balaban J connectivity index is 1.68. The van der Waals surface area contributed by atoms with Crippen LogP contribution >= 0.6 is 22.9 Å². The highest BCUT2D eigenvalue weighted by atomic mass is 35.5. The minimum atomic E-state index is 0.0188. The number of thiazole rings is 1. The van der Waals surface area contributed by atoms with Crippen LogP contribution in [0, 0.1) is 5.41 Å². The lowest BCUT2D eigenvalue weighted by Gasteiger charge is -2.26. The maximum Gasteiger partial charge on any atom is 0.183 e. The van der Waals surface area contributed by atoms with Gasteiger partial charge in [-0.05, 0) is 18.9 Å². The lowest BCUT2D eigenvalue weighted by molar-refractivity contribution is 0.133. The van der Waals surface area contributed by atoms with E-state index in [0.29, 0.717) is 11.6 Å². The Bertz CT molecular complexity index is 626. The smallest absolute Gasteiger partial charge is 0.183 e. The topological polar surface area (TPSA) is 54.4 Å². The van der Waals surface area contributed by atoms with Gasteiger partial charge in [0.15, 0.2) is 5.13 Å². The Morgan fingerprint density at radius 3 is 3.00 bits per heavy atom. The number of hydrogen-bond donors (Lipinski definition) is 2. The van der Waals surface area contributed by atoms with Crippen LogP contribution in [-0.2, 0) is 4.74 Å². The summed E-state index contributed by atoms with van der Waals surface area (Å²) in [6.45, 7) is 2.42. The highest BCUT2D eigenvalue weighted by Gasteiger charge is 2.34. The number of aliphatic hydroxyl groups excluding tert-OH is 1. The third kappa shape index (κ3) is 3.43. The lowest BCUT2D eigenvalue weighted by atomic mass is 9.84. The van der Waals surface area contributed by atoms with E-state index in [1.54, 1.807) is 11.3 Å². The van der Waals surface area contributed by atoms with Crippen LogP contribution in [-0.4, -0.2) is 36.5 Å². The molecule has 1 aliphatic rings. The quantitative estimate of drug-likeness (QED) is 0.844. The molecule has 1 fully saturated rings. The summed E-state index contributed by atoms with van der Waals surface area (Å²) >= 11 is 7.78. The second-order valence-corrected chi connectivity index (χ2v) is 6.91. The molecule has 1 saturated heterocycles. The number of benzene rings is 1. The maximum atomic E-state index is 9.26. The van der Waals surface area contributed by atoms with Gasteiger partial charge in [0, 0.05) is 41.1 Å². The molecule has 2 heterocycles. The highest BCUT2D eigenvalue weighted by Crippen LogP contribution is 2.34. The third-order valence-corrected chi connectivity index (χ3v) is 5.23. The summed E-state index contributed by atoms with van der Waals surface area (Å²) in [6, 6.07) is 7.71. The first kappa shape index (κ1) is 15.7. The maximum absolute atomic E-state index is 9.26. The molecular formula is C16H19ClN2O2S. The molecule has 1 aliphatic heterocycles. The second kappa shape index (κ2) is 6.96. The Hall–Kier alpha value is -1.14. The number of ether oxygens (including phenoxy) is 1. The van der Waals surface area contributed by atoms with Gasteiger partial charge in [0.2, 0.25) is 0 Å². The van der Waals surface area contributed by atoms with Crippen molar-refractivity contribution in [3.8, 4) is 11.3 Å². The highest BCUT2D eigenvalue weighted by molar-refractivity contribution is 7.14. The molecule has 0 spiro atoms. The zero-order valence-electron chi connectivity index (χ0n) is 12.2. The Morgan fingerprint density at radius 1 is 1.41 bits per heavy atom. The first-order chi connectivity index (χ1) is 10.7. The minimum Gasteiger partial charge on any atom is -0.396 e. The fourth-order valence-electron chi connectivity index (χ4n) is 2.72. The molecule has 2 aromatic rings. The molecule has 2 N–H and O–H groups in total. The molecule has 1 aromatic carbocycles. The van der Waals surface area contributed by atoms with Crippen molar-refractivity contribution in [2.45, 2.75) is 12.8 Å². The fraction of sp³-hybridized carbons (Fsp3) is 0.438. The summed E-state index contributed by atoms with van der Waals surface area (Å²) < 4.78 is 5.51. The summed E-state index contributed by atoms with van der Waals surface area (Å²) in [5.74, 6) is 0.